The number of halogens is 3. The Morgan fingerprint density at radius 2 is 1.00 bits per heavy atom. The van der Waals surface area contributed by atoms with Gasteiger partial charge >= 0.3 is 29.6 Å². The first-order valence-electron chi connectivity index (χ1n) is 1.91. The average Bonchev–Trinajstić information content (AvgIpc) is 1.59. The van der Waals surface area contributed by atoms with E-state index in [2.05, 4.69) is 15.0 Å². The van der Waals surface area contributed by atoms with Crippen molar-refractivity contribution in [3.63, 3.8) is 0 Å². The zero-order chi connectivity index (χ0) is 6.85. The van der Waals surface area contributed by atoms with Gasteiger partial charge in [0.05, 0.1) is 0 Å². The first kappa shape index (κ1) is 10.9. The second kappa shape index (κ2) is 4.70. The van der Waals surface area contributed by atoms with Gasteiger partial charge in [0.15, 0.2) is 0 Å². The molecule has 0 aromatic carbocycles. The Morgan fingerprint density at radius 3 is 1.20 bits per heavy atom. The van der Waals surface area contributed by atoms with E-state index in [1.807, 2.05) is 0 Å². The van der Waals surface area contributed by atoms with E-state index >= 15 is 0 Å². The number of aromatic nitrogens is 3. The molecule has 1 aromatic rings. The van der Waals surface area contributed by atoms with Gasteiger partial charge in [-0.1, -0.05) is 0 Å². The van der Waals surface area contributed by atoms with E-state index in [1.54, 1.807) is 0 Å². The summed E-state index contributed by atoms with van der Waals surface area (Å²) >= 11 is 16.0. The molecule has 3 nitrogen and oxygen atoms in total. The first-order chi connectivity index (χ1) is 4.18. The van der Waals surface area contributed by atoms with Gasteiger partial charge in [0.2, 0.25) is 15.9 Å². The molecule has 0 aliphatic carbocycles. The van der Waals surface area contributed by atoms with Crippen molar-refractivity contribution in [3.05, 3.63) is 15.9 Å². The Labute approximate surface area is 95.9 Å². The minimum absolute atomic E-state index is 0. The molecule has 0 saturated heterocycles. The second-order valence-corrected chi connectivity index (χ2v) is 2.16. The van der Waals surface area contributed by atoms with Crippen molar-refractivity contribution in [2.45, 2.75) is 0 Å². The molecule has 1 aromatic heterocycles. The van der Waals surface area contributed by atoms with Crippen molar-refractivity contribution >= 4 is 34.8 Å². The van der Waals surface area contributed by atoms with Gasteiger partial charge in [-0.25, -0.2) is 0 Å². The molecule has 1 heterocycles. The van der Waals surface area contributed by atoms with Gasteiger partial charge in [-0.3, -0.25) is 0 Å². The van der Waals surface area contributed by atoms with Crippen LogP contribution in [0, 0.1) is 0 Å². The molecule has 0 atom stereocenters. The van der Waals surface area contributed by atoms with Crippen molar-refractivity contribution in [2.75, 3.05) is 0 Å². The number of nitrogens with zero attached hydrogens (tertiary/aromatic N) is 3. The minimum atomic E-state index is 0. The molecule has 0 unspecified atom stereocenters. The predicted octanol–water partition coefficient (Wildman–Crippen LogP) is -1.05. The molecule has 0 N–H and O–H groups in total. The van der Waals surface area contributed by atoms with Gasteiger partial charge in [0, 0.05) is 0 Å². The van der Waals surface area contributed by atoms with Crippen LogP contribution in [0.5, 0.6) is 0 Å². The summed E-state index contributed by atoms with van der Waals surface area (Å²) < 4.78 is 0. The van der Waals surface area contributed by atoms with Crippen LogP contribution in [-0.2, 0) is 0 Å². The smallest absolute Gasteiger partial charge is 1.00 e. The van der Waals surface area contributed by atoms with Crippen LogP contribution in [0.15, 0.2) is 0 Å². The van der Waals surface area contributed by atoms with E-state index in [0.29, 0.717) is 0 Å². The zero-order valence-corrected chi connectivity index (χ0v) is 9.24. The van der Waals surface area contributed by atoms with E-state index < -0.39 is 0 Å². The van der Waals surface area contributed by atoms with Gasteiger partial charge in [0.25, 0.3) is 0 Å². The van der Waals surface area contributed by atoms with Crippen LogP contribution in [0.2, 0.25) is 15.9 Å². The largest absolute Gasteiger partial charge is 1.00 e. The van der Waals surface area contributed by atoms with Crippen molar-refractivity contribution in [1.29, 1.82) is 0 Å². The monoisotopic (exact) mass is 207 g/mol. The molecule has 0 fully saturated rings. The Bertz CT molecular complexity index is 185. The van der Waals surface area contributed by atoms with E-state index in [0.717, 1.165) is 0 Å². The first-order valence-corrected chi connectivity index (χ1v) is 3.04. The fraction of sp³-hybridized carbons (Fsp3) is 0. The van der Waals surface area contributed by atoms with E-state index in [9.17, 15) is 0 Å². The summed E-state index contributed by atoms with van der Waals surface area (Å²) in [7, 11) is 0. The SMILES string of the molecule is Clc1nc(Cl)nc(Cl)n1.[H-].[Na+]. The topological polar surface area (TPSA) is 38.7 Å². The van der Waals surface area contributed by atoms with Crippen LogP contribution in [0.25, 0.3) is 0 Å². The van der Waals surface area contributed by atoms with E-state index in [4.69, 9.17) is 34.8 Å². The fourth-order valence-electron chi connectivity index (χ4n) is 0.303. The molecule has 0 radical (unpaired) electrons. The number of rotatable bonds is 0. The minimum Gasteiger partial charge on any atom is -1.00 e. The fourth-order valence-corrected chi connectivity index (χ4v) is 0.913. The molecule has 0 aliphatic rings. The number of hydrogen-bond donors (Lipinski definition) is 0. The Balaban J connectivity index is 0. The molecule has 1 rings (SSSR count). The predicted molar refractivity (Wildman–Crippen MR) is 36.0 cm³/mol. The standard InChI is InChI=1S/C3Cl3N3.Na.H/c4-1-7-2(5)9-3(6)8-1;;/q;+1;-1. The quantitative estimate of drug-likeness (QED) is 0.511. The van der Waals surface area contributed by atoms with Crippen molar-refractivity contribution in [2.24, 2.45) is 0 Å². The summed E-state index contributed by atoms with van der Waals surface area (Å²) in [6.45, 7) is 0. The summed E-state index contributed by atoms with van der Waals surface area (Å²) in [5.41, 5.74) is 0. The summed E-state index contributed by atoms with van der Waals surface area (Å²) in [5.74, 6) is 0. The maximum Gasteiger partial charge on any atom is 1.00 e. The third kappa shape index (κ3) is 3.32. The third-order valence-corrected chi connectivity index (χ3v) is 1.06. The Morgan fingerprint density at radius 1 is 0.800 bits per heavy atom. The van der Waals surface area contributed by atoms with Crippen molar-refractivity contribution < 1.29 is 31.0 Å². The second-order valence-electron chi connectivity index (χ2n) is 1.14. The van der Waals surface area contributed by atoms with Crippen LogP contribution >= 0.6 is 34.8 Å². The van der Waals surface area contributed by atoms with Crippen LogP contribution in [0.3, 0.4) is 0 Å². The van der Waals surface area contributed by atoms with Gasteiger partial charge < -0.3 is 1.43 Å². The molecule has 0 bridgehead atoms. The van der Waals surface area contributed by atoms with Crippen LogP contribution in [0.1, 0.15) is 1.43 Å². The van der Waals surface area contributed by atoms with E-state index in [1.165, 1.54) is 0 Å². The van der Waals surface area contributed by atoms with Gasteiger partial charge in [-0.15, -0.1) is 0 Å². The summed E-state index contributed by atoms with van der Waals surface area (Å²) in [4.78, 5) is 10.4. The van der Waals surface area contributed by atoms with Crippen LogP contribution in [0.4, 0.5) is 0 Å². The molecular weight excluding hydrogens is 207 g/mol. The third-order valence-electron chi connectivity index (χ3n) is 0.554. The number of hydrogen-bond acceptors (Lipinski definition) is 3. The maximum absolute atomic E-state index is 5.32. The van der Waals surface area contributed by atoms with Gasteiger partial charge in [0.1, 0.15) is 0 Å². The van der Waals surface area contributed by atoms with Crippen molar-refractivity contribution in [1.82, 2.24) is 15.0 Å². The molecule has 50 valence electrons. The molecule has 10 heavy (non-hydrogen) atoms. The average molecular weight is 208 g/mol. The normalized spacial score (nSPS) is 8.70. The van der Waals surface area contributed by atoms with Gasteiger partial charge in [-0.05, 0) is 34.8 Å². The summed E-state index contributed by atoms with van der Waals surface area (Å²) in [6.07, 6.45) is 0. The molecule has 0 spiro atoms. The van der Waals surface area contributed by atoms with Gasteiger partial charge in [-0.2, -0.15) is 15.0 Å². The Kier molecular flexibility index (Phi) is 5.11. The zero-order valence-electron chi connectivity index (χ0n) is 5.98. The molecule has 0 saturated carbocycles. The molecule has 7 heteroatoms. The maximum atomic E-state index is 5.32. The Hall–Kier alpha value is 0.880. The molecular formula is C3HCl3N3Na. The van der Waals surface area contributed by atoms with Crippen LogP contribution in [-0.4, -0.2) is 15.0 Å². The molecule has 0 amide bonds. The van der Waals surface area contributed by atoms with Crippen LogP contribution < -0.4 is 29.6 Å². The summed E-state index contributed by atoms with van der Waals surface area (Å²) in [6, 6.07) is 0. The summed E-state index contributed by atoms with van der Waals surface area (Å²) in [5, 5.41) is 0.00000000000000178. The van der Waals surface area contributed by atoms with E-state index in [-0.39, 0.29) is 46.8 Å². The van der Waals surface area contributed by atoms with Crippen molar-refractivity contribution in [3.8, 4) is 0 Å². The molecule has 0 aliphatic heterocycles.